The maximum absolute atomic E-state index is 5.38. The monoisotopic (exact) mass is 479 g/mol. The van der Waals surface area contributed by atoms with E-state index in [2.05, 4.69) is 101 Å². The van der Waals surface area contributed by atoms with E-state index in [4.69, 9.17) is 9.72 Å². The van der Waals surface area contributed by atoms with Crippen LogP contribution in [0.2, 0.25) is 0 Å². The Morgan fingerprint density at radius 3 is 2.25 bits per heavy atom. The Hall–Kier alpha value is -3.37. The number of unbranched alkanes of at least 4 members (excludes halogenated alkanes) is 1. The molecular weight excluding hydrogens is 442 g/mol. The highest BCUT2D eigenvalue weighted by atomic mass is 16.5. The summed E-state index contributed by atoms with van der Waals surface area (Å²) in [4.78, 5) is 7.93. The summed E-state index contributed by atoms with van der Waals surface area (Å²) >= 11 is 0. The summed E-state index contributed by atoms with van der Waals surface area (Å²) in [5.74, 6) is 2.55. The van der Waals surface area contributed by atoms with Gasteiger partial charge in [-0.2, -0.15) is 0 Å². The van der Waals surface area contributed by atoms with Crippen LogP contribution in [0, 0.1) is 0 Å². The highest BCUT2D eigenvalue weighted by molar-refractivity contribution is 5.68. The van der Waals surface area contributed by atoms with Gasteiger partial charge in [-0.05, 0) is 49.4 Å². The number of imidazole rings is 1. The van der Waals surface area contributed by atoms with Crippen LogP contribution in [-0.4, -0.2) is 34.7 Å². The van der Waals surface area contributed by atoms with Crippen molar-refractivity contribution in [2.75, 3.05) is 20.2 Å². The number of likely N-dealkylation sites (tertiary alicyclic amines) is 1. The van der Waals surface area contributed by atoms with Crippen molar-refractivity contribution < 1.29 is 4.74 Å². The third kappa shape index (κ3) is 5.39. The Morgan fingerprint density at radius 2 is 1.58 bits per heavy atom. The van der Waals surface area contributed by atoms with Gasteiger partial charge in [0.2, 0.25) is 0 Å². The van der Waals surface area contributed by atoms with Gasteiger partial charge < -0.3 is 9.30 Å². The minimum Gasteiger partial charge on any atom is -0.497 e. The zero-order chi connectivity index (χ0) is 24.7. The fraction of sp³-hybridized carbons (Fsp3) is 0.344. The molecule has 1 aromatic heterocycles. The van der Waals surface area contributed by atoms with Crippen molar-refractivity contribution in [2.45, 2.75) is 51.6 Å². The number of hydrogen-bond donors (Lipinski definition) is 0. The number of piperidine rings is 1. The SMILES string of the molecule is CCCCn1c(-c2ccccc2)nc(-c2ccccc2)c1CN1CCCC(c2ccc(OC)cc2)C1. The van der Waals surface area contributed by atoms with Gasteiger partial charge in [-0.15, -0.1) is 0 Å². The second-order valence-corrected chi connectivity index (χ2v) is 9.82. The molecule has 0 bridgehead atoms. The van der Waals surface area contributed by atoms with Gasteiger partial charge in [0.25, 0.3) is 0 Å². The Kier molecular flexibility index (Phi) is 7.82. The molecule has 186 valence electrons. The maximum atomic E-state index is 5.38. The van der Waals surface area contributed by atoms with Crippen molar-refractivity contribution in [1.82, 2.24) is 14.5 Å². The lowest BCUT2D eigenvalue weighted by atomic mass is 9.90. The molecule has 0 radical (unpaired) electrons. The molecule has 0 N–H and O–H groups in total. The average Bonchev–Trinajstić information content (AvgIpc) is 3.30. The van der Waals surface area contributed by atoms with Crippen LogP contribution in [0.4, 0.5) is 0 Å². The van der Waals surface area contributed by atoms with E-state index in [-0.39, 0.29) is 0 Å². The summed E-state index contributed by atoms with van der Waals surface area (Å²) in [5.41, 5.74) is 6.25. The first-order valence-electron chi connectivity index (χ1n) is 13.3. The van der Waals surface area contributed by atoms with Crippen LogP contribution >= 0.6 is 0 Å². The number of methoxy groups -OCH3 is 1. The third-order valence-corrected chi connectivity index (χ3v) is 7.35. The van der Waals surface area contributed by atoms with Crippen molar-refractivity contribution in [2.24, 2.45) is 0 Å². The summed E-state index contributed by atoms with van der Waals surface area (Å²) in [5, 5.41) is 0. The highest BCUT2D eigenvalue weighted by Crippen LogP contribution is 2.33. The summed E-state index contributed by atoms with van der Waals surface area (Å²) in [7, 11) is 1.73. The minimum absolute atomic E-state index is 0.547. The number of hydrogen-bond acceptors (Lipinski definition) is 3. The lowest BCUT2D eigenvalue weighted by Crippen LogP contribution is -2.34. The zero-order valence-corrected chi connectivity index (χ0v) is 21.6. The first kappa shape index (κ1) is 24.3. The van der Waals surface area contributed by atoms with Crippen molar-refractivity contribution >= 4 is 0 Å². The van der Waals surface area contributed by atoms with Gasteiger partial charge in [0.1, 0.15) is 11.6 Å². The Morgan fingerprint density at radius 1 is 0.889 bits per heavy atom. The Balaban J connectivity index is 1.50. The first-order valence-corrected chi connectivity index (χ1v) is 13.3. The average molecular weight is 480 g/mol. The van der Waals surface area contributed by atoms with E-state index in [1.165, 1.54) is 35.2 Å². The Labute approximate surface area is 215 Å². The quantitative estimate of drug-likeness (QED) is 0.250. The number of ether oxygens (including phenoxy) is 1. The molecule has 0 spiro atoms. The molecule has 3 aromatic carbocycles. The maximum Gasteiger partial charge on any atom is 0.140 e. The van der Waals surface area contributed by atoms with Crippen LogP contribution in [0.25, 0.3) is 22.6 Å². The molecule has 1 saturated heterocycles. The molecule has 0 amide bonds. The summed E-state index contributed by atoms with van der Waals surface area (Å²) in [6, 6.07) is 30.0. The van der Waals surface area contributed by atoms with Crippen LogP contribution in [0.1, 0.15) is 49.8 Å². The molecule has 4 aromatic rings. The molecule has 36 heavy (non-hydrogen) atoms. The predicted molar refractivity (Wildman–Crippen MR) is 148 cm³/mol. The van der Waals surface area contributed by atoms with E-state index in [9.17, 15) is 0 Å². The molecule has 1 fully saturated rings. The van der Waals surface area contributed by atoms with Gasteiger partial charge in [0, 0.05) is 30.8 Å². The van der Waals surface area contributed by atoms with E-state index in [0.29, 0.717) is 5.92 Å². The van der Waals surface area contributed by atoms with Gasteiger partial charge in [0.05, 0.1) is 18.5 Å². The first-order chi connectivity index (χ1) is 17.8. The van der Waals surface area contributed by atoms with Crippen molar-refractivity contribution in [3.05, 3.63) is 96.2 Å². The molecular formula is C32H37N3O. The molecule has 0 saturated carbocycles. The fourth-order valence-electron chi connectivity index (χ4n) is 5.40. The normalized spacial score (nSPS) is 16.2. The van der Waals surface area contributed by atoms with E-state index in [1.807, 2.05) is 0 Å². The summed E-state index contributed by atoms with van der Waals surface area (Å²) in [6.45, 7) is 6.37. The largest absolute Gasteiger partial charge is 0.497 e. The van der Waals surface area contributed by atoms with Crippen molar-refractivity contribution in [1.29, 1.82) is 0 Å². The van der Waals surface area contributed by atoms with E-state index in [0.717, 1.165) is 56.3 Å². The van der Waals surface area contributed by atoms with Gasteiger partial charge in [-0.1, -0.05) is 86.1 Å². The Bertz CT molecular complexity index is 1230. The number of benzene rings is 3. The number of rotatable bonds is 9. The third-order valence-electron chi connectivity index (χ3n) is 7.35. The molecule has 1 aliphatic rings. The number of aromatic nitrogens is 2. The highest BCUT2D eigenvalue weighted by Gasteiger charge is 2.26. The topological polar surface area (TPSA) is 30.3 Å². The van der Waals surface area contributed by atoms with E-state index >= 15 is 0 Å². The van der Waals surface area contributed by atoms with Gasteiger partial charge in [-0.25, -0.2) is 4.98 Å². The lowest BCUT2D eigenvalue weighted by Gasteiger charge is -2.33. The summed E-state index contributed by atoms with van der Waals surface area (Å²) < 4.78 is 7.87. The zero-order valence-electron chi connectivity index (χ0n) is 21.6. The van der Waals surface area contributed by atoms with Gasteiger partial charge in [-0.3, -0.25) is 4.90 Å². The second kappa shape index (κ2) is 11.6. The van der Waals surface area contributed by atoms with Crippen LogP contribution in [0.15, 0.2) is 84.9 Å². The van der Waals surface area contributed by atoms with Gasteiger partial charge in [0.15, 0.2) is 0 Å². The van der Waals surface area contributed by atoms with Crippen LogP contribution < -0.4 is 4.74 Å². The lowest BCUT2D eigenvalue weighted by molar-refractivity contribution is 0.196. The molecule has 5 rings (SSSR count). The molecule has 4 heteroatoms. The molecule has 1 atom stereocenters. The molecule has 2 heterocycles. The van der Waals surface area contributed by atoms with E-state index < -0.39 is 0 Å². The summed E-state index contributed by atoms with van der Waals surface area (Å²) in [6.07, 6.45) is 4.76. The molecule has 0 aliphatic carbocycles. The van der Waals surface area contributed by atoms with Crippen molar-refractivity contribution in [3.8, 4) is 28.4 Å². The van der Waals surface area contributed by atoms with Crippen molar-refractivity contribution in [3.63, 3.8) is 0 Å². The van der Waals surface area contributed by atoms with Crippen LogP contribution in [-0.2, 0) is 13.1 Å². The van der Waals surface area contributed by atoms with Crippen LogP contribution in [0.3, 0.4) is 0 Å². The van der Waals surface area contributed by atoms with E-state index in [1.54, 1.807) is 7.11 Å². The second-order valence-electron chi connectivity index (χ2n) is 9.82. The fourth-order valence-corrected chi connectivity index (χ4v) is 5.40. The molecule has 1 aliphatic heterocycles. The van der Waals surface area contributed by atoms with Crippen LogP contribution in [0.5, 0.6) is 5.75 Å². The molecule has 4 nitrogen and oxygen atoms in total. The predicted octanol–water partition coefficient (Wildman–Crippen LogP) is 7.41. The molecule has 1 unspecified atom stereocenters. The standard InChI is InChI=1S/C32H37N3O/c1-3-4-22-35-30(24-34-21-11-16-28(23-34)25-17-19-29(36-2)20-18-25)31(26-12-7-5-8-13-26)33-32(35)27-14-9-6-10-15-27/h5-10,12-15,17-20,28H,3-4,11,16,21-24H2,1-2H3. The smallest absolute Gasteiger partial charge is 0.140 e. The number of nitrogens with zero attached hydrogens (tertiary/aromatic N) is 3. The minimum atomic E-state index is 0.547. The van der Waals surface area contributed by atoms with Gasteiger partial charge >= 0.3 is 0 Å².